The Balaban J connectivity index is 1.85. The lowest BCUT2D eigenvalue weighted by molar-refractivity contribution is 0.0954. The summed E-state index contributed by atoms with van der Waals surface area (Å²) >= 11 is 0. The Morgan fingerprint density at radius 1 is 1.40 bits per heavy atom. The summed E-state index contributed by atoms with van der Waals surface area (Å²) in [5.74, 6) is 0.00808. The molecular weight excluding hydrogens is 320 g/mol. The van der Waals surface area contributed by atoms with E-state index in [4.69, 9.17) is 4.42 Å². The van der Waals surface area contributed by atoms with Crippen LogP contribution in [-0.2, 0) is 13.0 Å². The maximum atomic E-state index is 12.6. The lowest BCUT2D eigenvalue weighted by atomic mass is 10.1. The number of allylic oxidation sites excluding steroid dienone is 1. The Labute approximate surface area is 144 Å². The zero-order valence-corrected chi connectivity index (χ0v) is 13.9. The van der Waals surface area contributed by atoms with Gasteiger partial charge in [-0.2, -0.15) is 0 Å². The molecule has 3 rings (SSSR count). The van der Waals surface area contributed by atoms with Gasteiger partial charge in [-0.25, -0.2) is 4.98 Å². The van der Waals surface area contributed by atoms with Gasteiger partial charge in [0, 0.05) is 31.4 Å². The summed E-state index contributed by atoms with van der Waals surface area (Å²) in [6.07, 6.45) is 5.28. The Hall–Kier alpha value is -3.22. The van der Waals surface area contributed by atoms with Gasteiger partial charge in [-0.15, -0.1) is 6.58 Å². The lowest BCUT2D eigenvalue weighted by Gasteiger charge is -2.05. The molecule has 0 aliphatic carbocycles. The number of hydrogen-bond donors (Lipinski definition) is 1. The number of pyridine rings is 1. The van der Waals surface area contributed by atoms with Gasteiger partial charge in [0.1, 0.15) is 17.5 Å². The molecule has 0 aliphatic rings. The fourth-order valence-electron chi connectivity index (χ4n) is 2.62. The first kappa shape index (κ1) is 16.6. The quantitative estimate of drug-likeness (QED) is 0.693. The molecule has 7 heteroatoms. The van der Waals surface area contributed by atoms with Crippen LogP contribution in [0.4, 0.5) is 0 Å². The van der Waals surface area contributed by atoms with Crippen molar-refractivity contribution in [2.24, 2.45) is 0 Å². The first-order valence-corrected chi connectivity index (χ1v) is 7.89. The molecule has 0 aliphatic heterocycles. The SMILES string of the molecule is C=CCn1cnc2oc(C)c(C(=O)NCCc3ccccn3)c2c1=O. The normalized spacial score (nSPS) is 10.8. The van der Waals surface area contributed by atoms with Crippen LogP contribution in [0, 0.1) is 6.92 Å². The molecule has 0 fully saturated rings. The lowest BCUT2D eigenvalue weighted by Crippen LogP contribution is -2.28. The number of aromatic nitrogens is 3. The van der Waals surface area contributed by atoms with Gasteiger partial charge in [-0.3, -0.25) is 19.1 Å². The molecule has 3 aromatic rings. The molecule has 0 unspecified atom stereocenters. The second-order valence-corrected chi connectivity index (χ2v) is 5.53. The third-order valence-electron chi connectivity index (χ3n) is 3.80. The predicted molar refractivity (Wildman–Crippen MR) is 93.5 cm³/mol. The minimum Gasteiger partial charge on any atom is -0.442 e. The van der Waals surface area contributed by atoms with Crippen LogP contribution in [0.15, 0.2) is 52.6 Å². The number of carbonyl (C=O) groups excluding carboxylic acids is 1. The summed E-state index contributed by atoms with van der Waals surface area (Å²) in [4.78, 5) is 33.5. The molecule has 25 heavy (non-hydrogen) atoms. The molecule has 0 aromatic carbocycles. The van der Waals surface area contributed by atoms with E-state index in [-0.39, 0.29) is 28.1 Å². The number of nitrogens with one attached hydrogen (secondary N) is 1. The van der Waals surface area contributed by atoms with Gasteiger partial charge in [-0.05, 0) is 19.1 Å². The van der Waals surface area contributed by atoms with E-state index in [9.17, 15) is 9.59 Å². The highest BCUT2D eigenvalue weighted by Gasteiger charge is 2.22. The molecule has 128 valence electrons. The average molecular weight is 338 g/mol. The standard InChI is InChI=1S/C18H18N4O3/c1-3-10-22-11-21-17-15(18(22)24)14(12(2)25-17)16(23)20-9-7-13-6-4-5-8-19-13/h3-6,8,11H,1,7,9-10H2,2H3,(H,20,23). The molecule has 0 bridgehead atoms. The van der Waals surface area contributed by atoms with Crippen molar-refractivity contribution >= 4 is 17.0 Å². The fraction of sp³-hybridized carbons (Fsp3) is 0.222. The molecule has 0 saturated heterocycles. The molecule has 0 spiro atoms. The van der Waals surface area contributed by atoms with Crippen LogP contribution in [0.5, 0.6) is 0 Å². The molecule has 0 atom stereocenters. The molecule has 0 saturated carbocycles. The van der Waals surface area contributed by atoms with Crippen LogP contribution < -0.4 is 10.9 Å². The van der Waals surface area contributed by atoms with Crippen molar-refractivity contribution in [3.63, 3.8) is 0 Å². The van der Waals surface area contributed by atoms with Gasteiger partial charge in [0.05, 0.1) is 5.56 Å². The van der Waals surface area contributed by atoms with E-state index in [0.29, 0.717) is 25.3 Å². The second-order valence-electron chi connectivity index (χ2n) is 5.53. The Bertz CT molecular complexity index is 973. The van der Waals surface area contributed by atoms with Gasteiger partial charge in [0.2, 0.25) is 5.71 Å². The first-order chi connectivity index (χ1) is 12.1. The van der Waals surface area contributed by atoms with E-state index in [1.165, 1.54) is 10.9 Å². The smallest absolute Gasteiger partial charge is 0.265 e. The van der Waals surface area contributed by atoms with Crippen LogP contribution in [-0.4, -0.2) is 27.0 Å². The highest BCUT2D eigenvalue weighted by Crippen LogP contribution is 2.20. The minimum absolute atomic E-state index is 0.165. The molecule has 1 N–H and O–H groups in total. The van der Waals surface area contributed by atoms with Crippen molar-refractivity contribution < 1.29 is 9.21 Å². The average Bonchev–Trinajstić information content (AvgIpc) is 2.95. The van der Waals surface area contributed by atoms with Crippen molar-refractivity contribution in [3.05, 3.63) is 70.7 Å². The summed E-state index contributed by atoms with van der Waals surface area (Å²) in [6.45, 7) is 5.98. The van der Waals surface area contributed by atoms with Crippen LogP contribution >= 0.6 is 0 Å². The number of carbonyl (C=O) groups is 1. The topological polar surface area (TPSA) is 90.0 Å². The molecule has 7 nitrogen and oxygen atoms in total. The van der Waals surface area contributed by atoms with Gasteiger partial charge in [0.25, 0.3) is 11.5 Å². The van der Waals surface area contributed by atoms with Gasteiger partial charge in [0.15, 0.2) is 0 Å². The Kier molecular flexibility index (Phi) is 4.74. The summed E-state index contributed by atoms with van der Waals surface area (Å²) in [7, 11) is 0. The van der Waals surface area contributed by atoms with E-state index < -0.39 is 0 Å². The van der Waals surface area contributed by atoms with Gasteiger partial charge >= 0.3 is 0 Å². The fourth-order valence-corrected chi connectivity index (χ4v) is 2.62. The van der Waals surface area contributed by atoms with Crippen molar-refractivity contribution in [2.75, 3.05) is 6.54 Å². The molecule has 3 heterocycles. The predicted octanol–water partition coefficient (Wildman–Crippen LogP) is 1.85. The van der Waals surface area contributed by atoms with Crippen molar-refractivity contribution in [1.29, 1.82) is 0 Å². The van der Waals surface area contributed by atoms with Gasteiger partial charge < -0.3 is 9.73 Å². The molecular formula is C18H18N4O3. The van der Waals surface area contributed by atoms with Crippen LogP contribution in [0.3, 0.4) is 0 Å². The largest absolute Gasteiger partial charge is 0.442 e. The van der Waals surface area contributed by atoms with E-state index in [0.717, 1.165) is 5.69 Å². The van der Waals surface area contributed by atoms with Crippen LogP contribution in [0.25, 0.3) is 11.1 Å². The highest BCUT2D eigenvalue weighted by atomic mass is 16.3. The number of nitrogens with zero attached hydrogens (tertiary/aromatic N) is 3. The van der Waals surface area contributed by atoms with E-state index in [1.54, 1.807) is 19.2 Å². The third kappa shape index (κ3) is 3.35. The number of aryl methyl sites for hydroxylation is 1. The van der Waals surface area contributed by atoms with Crippen molar-refractivity contribution in [3.8, 4) is 0 Å². The zero-order valence-electron chi connectivity index (χ0n) is 13.9. The van der Waals surface area contributed by atoms with Crippen LogP contribution in [0.1, 0.15) is 21.8 Å². The zero-order chi connectivity index (χ0) is 17.8. The van der Waals surface area contributed by atoms with E-state index >= 15 is 0 Å². The van der Waals surface area contributed by atoms with Crippen molar-refractivity contribution in [1.82, 2.24) is 19.9 Å². The summed E-state index contributed by atoms with van der Waals surface area (Å²) in [6, 6.07) is 5.62. The monoisotopic (exact) mass is 338 g/mol. The number of rotatable bonds is 6. The Morgan fingerprint density at radius 2 is 2.24 bits per heavy atom. The number of amides is 1. The Morgan fingerprint density at radius 3 is 2.96 bits per heavy atom. The number of fused-ring (bicyclic) bond motifs is 1. The number of hydrogen-bond acceptors (Lipinski definition) is 5. The minimum atomic E-state index is -0.359. The maximum Gasteiger partial charge on any atom is 0.265 e. The number of furan rings is 1. The van der Waals surface area contributed by atoms with E-state index in [2.05, 4.69) is 21.9 Å². The van der Waals surface area contributed by atoms with Crippen molar-refractivity contribution in [2.45, 2.75) is 19.9 Å². The molecule has 3 aromatic heterocycles. The third-order valence-corrected chi connectivity index (χ3v) is 3.80. The summed E-state index contributed by atoms with van der Waals surface area (Å²) < 4.78 is 6.86. The van der Waals surface area contributed by atoms with E-state index in [1.807, 2.05) is 18.2 Å². The second kappa shape index (κ2) is 7.12. The summed E-state index contributed by atoms with van der Waals surface area (Å²) in [5, 5.41) is 3.00. The van der Waals surface area contributed by atoms with Gasteiger partial charge in [-0.1, -0.05) is 12.1 Å². The van der Waals surface area contributed by atoms with Crippen LogP contribution in [0.2, 0.25) is 0 Å². The molecule has 1 amide bonds. The molecule has 0 radical (unpaired) electrons. The summed E-state index contributed by atoms with van der Waals surface area (Å²) in [5.41, 5.74) is 0.952. The first-order valence-electron chi connectivity index (χ1n) is 7.89. The highest BCUT2D eigenvalue weighted by molar-refractivity contribution is 6.06. The maximum absolute atomic E-state index is 12.6.